The summed E-state index contributed by atoms with van der Waals surface area (Å²) in [6, 6.07) is 1.41. The summed E-state index contributed by atoms with van der Waals surface area (Å²) in [6.45, 7) is 3.77. The standard InChI is InChI=1S/C9H13NO4/c1-9(2,13-3)5-6-4-7(8(11)12)10-14-6/h4H,5H2,1-3H3,(H,11,12). The SMILES string of the molecule is COC(C)(C)Cc1cc(C(=O)O)no1. The normalized spacial score (nSPS) is 11.6. The Kier molecular flexibility index (Phi) is 2.90. The Morgan fingerprint density at radius 1 is 1.71 bits per heavy atom. The van der Waals surface area contributed by atoms with Gasteiger partial charge in [0.1, 0.15) is 5.76 Å². The minimum atomic E-state index is -1.09. The molecule has 14 heavy (non-hydrogen) atoms. The van der Waals surface area contributed by atoms with Crippen LogP contribution in [0.4, 0.5) is 0 Å². The second-order valence-electron chi connectivity index (χ2n) is 3.62. The predicted octanol–water partition coefficient (Wildman–Crippen LogP) is 1.34. The van der Waals surface area contributed by atoms with Gasteiger partial charge in [0.15, 0.2) is 5.69 Å². The lowest BCUT2D eigenvalue weighted by Gasteiger charge is -2.20. The van der Waals surface area contributed by atoms with Crippen LogP contribution in [0.15, 0.2) is 10.6 Å². The van der Waals surface area contributed by atoms with Gasteiger partial charge in [0, 0.05) is 19.6 Å². The number of carboxylic acids is 1. The number of carboxylic acid groups (broad SMARTS) is 1. The van der Waals surface area contributed by atoms with E-state index in [0.717, 1.165) is 0 Å². The molecule has 0 radical (unpaired) electrons. The fourth-order valence-electron chi connectivity index (χ4n) is 0.989. The Hall–Kier alpha value is -1.36. The third-order valence-electron chi connectivity index (χ3n) is 1.93. The van der Waals surface area contributed by atoms with E-state index in [-0.39, 0.29) is 11.3 Å². The molecule has 0 aliphatic carbocycles. The number of aromatic carboxylic acids is 1. The molecule has 78 valence electrons. The van der Waals surface area contributed by atoms with Crippen molar-refractivity contribution < 1.29 is 19.2 Å². The van der Waals surface area contributed by atoms with E-state index in [2.05, 4.69) is 5.16 Å². The van der Waals surface area contributed by atoms with Gasteiger partial charge in [-0.25, -0.2) is 4.79 Å². The zero-order chi connectivity index (χ0) is 10.8. The molecule has 0 atom stereocenters. The molecule has 1 aromatic heterocycles. The molecule has 0 aliphatic heterocycles. The van der Waals surface area contributed by atoms with Crippen molar-refractivity contribution in [2.75, 3.05) is 7.11 Å². The summed E-state index contributed by atoms with van der Waals surface area (Å²) in [5.74, 6) is -0.579. The second-order valence-corrected chi connectivity index (χ2v) is 3.62. The first-order chi connectivity index (χ1) is 6.44. The molecule has 0 aliphatic rings. The molecule has 0 aromatic carbocycles. The molecule has 5 nitrogen and oxygen atoms in total. The van der Waals surface area contributed by atoms with E-state index < -0.39 is 5.97 Å². The summed E-state index contributed by atoms with van der Waals surface area (Å²) in [5, 5.41) is 12.0. The van der Waals surface area contributed by atoms with Gasteiger partial charge in [0.25, 0.3) is 0 Å². The highest BCUT2D eigenvalue weighted by atomic mass is 16.5. The van der Waals surface area contributed by atoms with Gasteiger partial charge in [-0.05, 0) is 13.8 Å². The van der Waals surface area contributed by atoms with Crippen molar-refractivity contribution in [3.63, 3.8) is 0 Å². The van der Waals surface area contributed by atoms with Crippen molar-refractivity contribution in [2.24, 2.45) is 0 Å². The molecule has 0 saturated heterocycles. The van der Waals surface area contributed by atoms with E-state index in [1.165, 1.54) is 6.07 Å². The van der Waals surface area contributed by atoms with Gasteiger partial charge in [-0.3, -0.25) is 0 Å². The quantitative estimate of drug-likeness (QED) is 0.792. The van der Waals surface area contributed by atoms with E-state index >= 15 is 0 Å². The van der Waals surface area contributed by atoms with E-state index in [1.54, 1.807) is 7.11 Å². The third-order valence-corrected chi connectivity index (χ3v) is 1.93. The number of aromatic nitrogens is 1. The highest BCUT2D eigenvalue weighted by Gasteiger charge is 2.21. The summed E-state index contributed by atoms with van der Waals surface area (Å²) in [4.78, 5) is 10.5. The molecule has 0 bridgehead atoms. The molecule has 0 fully saturated rings. The maximum Gasteiger partial charge on any atom is 0.358 e. The van der Waals surface area contributed by atoms with Crippen LogP contribution in [0.25, 0.3) is 0 Å². The minimum Gasteiger partial charge on any atom is -0.476 e. The number of nitrogens with zero attached hydrogens (tertiary/aromatic N) is 1. The lowest BCUT2D eigenvalue weighted by atomic mass is 10.0. The van der Waals surface area contributed by atoms with Crippen LogP contribution in [0.1, 0.15) is 30.1 Å². The van der Waals surface area contributed by atoms with Crippen molar-refractivity contribution in [3.8, 4) is 0 Å². The van der Waals surface area contributed by atoms with Gasteiger partial charge in [0.05, 0.1) is 5.60 Å². The molecule has 1 N–H and O–H groups in total. The lowest BCUT2D eigenvalue weighted by molar-refractivity contribution is 0.0181. The van der Waals surface area contributed by atoms with Gasteiger partial charge >= 0.3 is 5.97 Å². The smallest absolute Gasteiger partial charge is 0.358 e. The first-order valence-electron chi connectivity index (χ1n) is 4.18. The van der Waals surface area contributed by atoms with Gasteiger partial charge < -0.3 is 14.4 Å². The van der Waals surface area contributed by atoms with Crippen LogP contribution < -0.4 is 0 Å². The maximum atomic E-state index is 10.5. The lowest BCUT2D eigenvalue weighted by Crippen LogP contribution is -2.25. The van der Waals surface area contributed by atoms with Crippen LogP contribution in [-0.2, 0) is 11.2 Å². The Balaban J connectivity index is 2.73. The Morgan fingerprint density at radius 3 is 2.79 bits per heavy atom. The van der Waals surface area contributed by atoms with Gasteiger partial charge in [-0.15, -0.1) is 0 Å². The zero-order valence-corrected chi connectivity index (χ0v) is 8.40. The number of hydrogen-bond donors (Lipinski definition) is 1. The fourth-order valence-corrected chi connectivity index (χ4v) is 0.989. The number of rotatable bonds is 4. The molecular weight excluding hydrogens is 186 g/mol. The van der Waals surface area contributed by atoms with Crippen LogP contribution in [0, 0.1) is 0 Å². The summed E-state index contributed by atoms with van der Waals surface area (Å²) < 4.78 is 10.0. The van der Waals surface area contributed by atoms with Crippen molar-refractivity contribution in [1.82, 2.24) is 5.16 Å². The molecule has 1 rings (SSSR count). The number of methoxy groups -OCH3 is 1. The minimum absolute atomic E-state index is 0.0769. The molecule has 1 aromatic rings. The molecule has 0 unspecified atom stereocenters. The average molecular weight is 199 g/mol. The Bertz CT molecular complexity index is 329. The summed E-state index contributed by atoms with van der Waals surface area (Å²) >= 11 is 0. The predicted molar refractivity (Wildman–Crippen MR) is 48.3 cm³/mol. The molecule has 1 heterocycles. The van der Waals surface area contributed by atoms with Crippen LogP contribution in [0.5, 0.6) is 0 Å². The van der Waals surface area contributed by atoms with Crippen LogP contribution >= 0.6 is 0 Å². The van der Waals surface area contributed by atoms with Crippen LogP contribution in [0.2, 0.25) is 0 Å². The monoisotopic (exact) mass is 199 g/mol. The number of carbonyl (C=O) groups is 1. The first kappa shape index (κ1) is 10.7. The maximum absolute atomic E-state index is 10.5. The third kappa shape index (κ3) is 2.56. The van der Waals surface area contributed by atoms with Crippen LogP contribution in [0.3, 0.4) is 0 Å². The van der Waals surface area contributed by atoms with Crippen molar-refractivity contribution in [3.05, 3.63) is 17.5 Å². The fraction of sp³-hybridized carbons (Fsp3) is 0.556. The van der Waals surface area contributed by atoms with Crippen molar-refractivity contribution in [2.45, 2.75) is 25.9 Å². The number of hydrogen-bond acceptors (Lipinski definition) is 4. The second kappa shape index (κ2) is 3.79. The van der Waals surface area contributed by atoms with E-state index in [1.807, 2.05) is 13.8 Å². The topological polar surface area (TPSA) is 72.6 Å². The Labute approximate surface area is 81.7 Å². The van der Waals surface area contributed by atoms with Gasteiger partial charge in [0.2, 0.25) is 0 Å². The molecule has 0 saturated carbocycles. The van der Waals surface area contributed by atoms with E-state index in [0.29, 0.717) is 12.2 Å². The van der Waals surface area contributed by atoms with Crippen LogP contribution in [-0.4, -0.2) is 28.9 Å². The van der Waals surface area contributed by atoms with Crippen molar-refractivity contribution >= 4 is 5.97 Å². The molecular formula is C9H13NO4. The summed E-state index contributed by atoms with van der Waals surface area (Å²) in [6.07, 6.45) is 0.490. The number of ether oxygens (including phenoxy) is 1. The first-order valence-corrected chi connectivity index (χ1v) is 4.18. The largest absolute Gasteiger partial charge is 0.476 e. The summed E-state index contributed by atoms with van der Waals surface area (Å²) in [5.41, 5.74) is -0.457. The molecule has 5 heteroatoms. The van der Waals surface area contributed by atoms with Gasteiger partial charge in [-0.1, -0.05) is 5.16 Å². The van der Waals surface area contributed by atoms with Gasteiger partial charge in [-0.2, -0.15) is 0 Å². The van der Waals surface area contributed by atoms with E-state index in [4.69, 9.17) is 14.4 Å². The molecule has 0 amide bonds. The van der Waals surface area contributed by atoms with E-state index in [9.17, 15) is 4.79 Å². The zero-order valence-electron chi connectivity index (χ0n) is 8.40. The van der Waals surface area contributed by atoms with Crippen molar-refractivity contribution in [1.29, 1.82) is 0 Å². The summed E-state index contributed by atoms with van der Waals surface area (Å²) in [7, 11) is 1.59. The molecule has 0 spiro atoms. The average Bonchev–Trinajstić information content (AvgIpc) is 2.52. The highest BCUT2D eigenvalue weighted by molar-refractivity contribution is 5.85. The highest BCUT2D eigenvalue weighted by Crippen LogP contribution is 2.16. The Morgan fingerprint density at radius 2 is 2.36 bits per heavy atom.